The largest absolute Gasteiger partial charge is 0.386 e. The first-order valence-corrected chi connectivity index (χ1v) is 8.44. The van der Waals surface area contributed by atoms with Crippen LogP contribution in [0.5, 0.6) is 0 Å². The number of hydrogen-bond donors (Lipinski definition) is 1. The second-order valence-electron chi connectivity index (χ2n) is 4.67. The lowest BCUT2D eigenvalue weighted by Crippen LogP contribution is -2.28. The zero-order chi connectivity index (χ0) is 13.4. The summed E-state index contributed by atoms with van der Waals surface area (Å²) in [5.41, 5.74) is -1.17. The second kappa shape index (κ2) is 4.65. The molecule has 0 bridgehead atoms. The summed E-state index contributed by atoms with van der Waals surface area (Å²) in [7, 11) is -3.20. The third kappa shape index (κ3) is 2.30. The zero-order valence-electron chi connectivity index (χ0n) is 10.1. The average Bonchev–Trinajstić information content (AvgIpc) is 2.93. The summed E-state index contributed by atoms with van der Waals surface area (Å²) in [6.45, 7) is 2.02. The predicted octanol–water partition coefficient (Wildman–Crippen LogP) is 1.67. The van der Waals surface area contributed by atoms with Crippen LogP contribution in [0.1, 0.15) is 29.2 Å². The van der Waals surface area contributed by atoms with Crippen LogP contribution >= 0.6 is 11.3 Å². The quantitative estimate of drug-likeness (QED) is 0.916. The van der Waals surface area contributed by atoms with E-state index in [9.17, 15) is 18.8 Å². The van der Waals surface area contributed by atoms with Gasteiger partial charge in [-0.3, -0.25) is 0 Å². The third-order valence-electron chi connectivity index (χ3n) is 3.38. The molecule has 0 spiro atoms. The minimum atomic E-state index is -3.20. The first-order chi connectivity index (χ1) is 8.42. The van der Waals surface area contributed by atoms with Crippen molar-refractivity contribution in [2.75, 3.05) is 11.5 Å². The Balaban J connectivity index is 2.32. The van der Waals surface area contributed by atoms with Crippen LogP contribution in [0.4, 0.5) is 0 Å². The van der Waals surface area contributed by atoms with Crippen molar-refractivity contribution in [3.63, 3.8) is 0 Å². The Morgan fingerprint density at radius 3 is 2.78 bits per heavy atom. The standard InChI is InChI=1S/C12H15NO3S2/c1-2-9-3-4-10(17-9)11(14)12(7-13)5-6-18(15,16)8-12/h3-4,11,14H,2,5-6,8H2,1H3. The van der Waals surface area contributed by atoms with Crippen molar-refractivity contribution in [1.82, 2.24) is 0 Å². The van der Waals surface area contributed by atoms with E-state index in [-0.39, 0.29) is 17.9 Å². The lowest BCUT2D eigenvalue weighted by molar-refractivity contribution is 0.0826. The predicted molar refractivity (Wildman–Crippen MR) is 70.0 cm³/mol. The van der Waals surface area contributed by atoms with Gasteiger partial charge in [-0.1, -0.05) is 6.92 Å². The molecule has 2 heterocycles. The van der Waals surface area contributed by atoms with E-state index in [1.807, 2.05) is 19.1 Å². The lowest BCUT2D eigenvalue weighted by atomic mass is 9.82. The van der Waals surface area contributed by atoms with Crippen molar-refractivity contribution in [2.45, 2.75) is 25.9 Å². The van der Waals surface area contributed by atoms with Gasteiger partial charge in [0, 0.05) is 9.75 Å². The molecule has 2 rings (SSSR count). The summed E-state index contributed by atoms with van der Waals surface area (Å²) in [4.78, 5) is 1.81. The summed E-state index contributed by atoms with van der Waals surface area (Å²) in [5.74, 6) is -0.249. The highest BCUT2D eigenvalue weighted by molar-refractivity contribution is 7.91. The molecule has 0 radical (unpaired) electrons. The topological polar surface area (TPSA) is 78.2 Å². The van der Waals surface area contributed by atoms with Gasteiger partial charge in [0.1, 0.15) is 11.5 Å². The van der Waals surface area contributed by atoms with Gasteiger partial charge < -0.3 is 5.11 Å². The molecule has 2 atom stereocenters. The molecule has 0 saturated carbocycles. The van der Waals surface area contributed by atoms with Crippen LogP contribution in [0.25, 0.3) is 0 Å². The Labute approximate surface area is 111 Å². The molecule has 1 aliphatic rings. The van der Waals surface area contributed by atoms with Crippen LogP contribution in [0.15, 0.2) is 12.1 Å². The minimum absolute atomic E-state index is 0.0103. The molecule has 4 nitrogen and oxygen atoms in total. The zero-order valence-corrected chi connectivity index (χ0v) is 11.7. The average molecular weight is 285 g/mol. The molecule has 1 aromatic heterocycles. The van der Waals surface area contributed by atoms with Gasteiger partial charge in [0.05, 0.1) is 17.6 Å². The van der Waals surface area contributed by atoms with Gasteiger partial charge in [0.2, 0.25) is 0 Å². The summed E-state index contributed by atoms with van der Waals surface area (Å²) in [6.07, 6.45) is 0.0757. The molecule has 0 amide bonds. The van der Waals surface area contributed by atoms with Gasteiger partial charge in [-0.2, -0.15) is 5.26 Å². The van der Waals surface area contributed by atoms with Crippen LogP contribution < -0.4 is 0 Å². The first-order valence-electron chi connectivity index (χ1n) is 5.81. The summed E-state index contributed by atoms with van der Waals surface area (Å²) in [5, 5.41) is 19.6. The number of thiophene rings is 1. The molecular formula is C12H15NO3S2. The highest BCUT2D eigenvalue weighted by Gasteiger charge is 2.49. The molecule has 1 N–H and O–H groups in total. The molecule has 1 aromatic rings. The number of aryl methyl sites for hydroxylation is 1. The fourth-order valence-electron chi connectivity index (χ4n) is 2.24. The second-order valence-corrected chi connectivity index (χ2v) is 8.05. The lowest BCUT2D eigenvalue weighted by Gasteiger charge is -2.24. The van der Waals surface area contributed by atoms with Gasteiger partial charge in [0.25, 0.3) is 0 Å². The smallest absolute Gasteiger partial charge is 0.152 e. The van der Waals surface area contributed by atoms with E-state index in [1.165, 1.54) is 11.3 Å². The third-order valence-corrected chi connectivity index (χ3v) is 6.45. The maximum absolute atomic E-state index is 11.5. The van der Waals surface area contributed by atoms with E-state index in [0.717, 1.165) is 11.3 Å². The Bertz CT molecular complexity index is 585. The number of aliphatic hydroxyl groups excluding tert-OH is 1. The number of rotatable bonds is 3. The minimum Gasteiger partial charge on any atom is -0.386 e. The maximum Gasteiger partial charge on any atom is 0.152 e. The van der Waals surface area contributed by atoms with Gasteiger partial charge in [0.15, 0.2) is 9.84 Å². The Morgan fingerprint density at radius 1 is 1.61 bits per heavy atom. The van der Waals surface area contributed by atoms with Crippen molar-refractivity contribution in [3.8, 4) is 6.07 Å². The van der Waals surface area contributed by atoms with Crippen LogP contribution in [0.2, 0.25) is 0 Å². The number of nitrogens with zero attached hydrogens (tertiary/aromatic N) is 1. The Kier molecular flexibility index (Phi) is 3.49. The molecule has 2 unspecified atom stereocenters. The number of aliphatic hydroxyl groups is 1. The van der Waals surface area contributed by atoms with E-state index >= 15 is 0 Å². The SMILES string of the molecule is CCc1ccc(C(O)C2(C#N)CCS(=O)(=O)C2)s1. The molecule has 1 aliphatic heterocycles. The fraction of sp³-hybridized carbons (Fsp3) is 0.583. The summed E-state index contributed by atoms with van der Waals surface area (Å²) in [6, 6.07) is 5.74. The summed E-state index contributed by atoms with van der Waals surface area (Å²) >= 11 is 1.45. The molecule has 98 valence electrons. The van der Waals surface area contributed by atoms with E-state index in [4.69, 9.17) is 0 Å². The fourth-order valence-corrected chi connectivity index (χ4v) is 5.27. The Hall–Kier alpha value is -0.900. The normalized spacial score (nSPS) is 27.8. The molecule has 6 heteroatoms. The van der Waals surface area contributed by atoms with Crippen molar-refractivity contribution < 1.29 is 13.5 Å². The van der Waals surface area contributed by atoms with Crippen molar-refractivity contribution in [3.05, 3.63) is 21.9 Å². The maximum atomic E-state index is 11.5. The molecule has 18 heavy (non-hydrogen) atoms. The van der Waals surface area contributed by atoms with E-state index in [1.54, 1.807) is 6.07 Å². The number of hydrogen-bond acceptors (Lipinski definition) is 5. The number of nitriles is 1. The molecule has 0 aliphatic carbocycles. The van der Waals surface area contributed by atoms with Crippen molar-refractivity contribution >= 4 is 21.2 Å². The molecule has 1 saturated heterocycles. The molecular weight excluding hydrogens is 270 g/mol. The van der Waals surface area contributed by atoms with Crippen molar-refractivity contribution in [1.29, 1.82) is 5.26 Å². The van der Waals surface area contributed by atoms with E-state index in [2.05, 4.69) is 0 Å². The van der Waals surface area contributed by atoms with Gasteiger partial charge >= 0.3 is 0 Å². The van der Waals surface area contributed by atoms with Crippen LogP contribution in [-0.4, -0.2) is 25.0 Å². The van der Waals surface area contributed by atoms with Gasteiger partial charge in [-0.25, -0.2) is 8.42 Å². The number of sulfone groups is 1. The van der Waals surface area contributed by atoms with E-state index in [0.29, 0.717) is 4.88 Å². The molecule has 0 aromatic carbocycles. The van der Waals surface area contributed by atoms with Crippen LogP contribution in [0.3, 0.4) is 0 Å². The van der Waals surface area contributed by atoms with Gasteiger partial charge in [-0.15, -0.1) is 11.3 Å². The van der Waals surface area contributed by atoms with Gasteiger partial charge in [-0.05, 0) is 25.0 Å². The Morgan fingerprint density at radius 2 is 2.33 bits per heavy atom. The highest BCUT2D eigenvalue weighted by Crippen LogP contribution is 2.44. The van der Waals surface area contributed by atoms with E-state index < -0.39 is 21.4 Å². The highest BCUT2D eigenvalue weighted by atomic mass is 32.2. The molecule has 1 fully saturated rings. The summed E-state index contributed by atoms with van der Waals surface area (Å²) < 4.78 is 23.1. The van der Waals surface area contributed by atoms with Crippen LogP contribution in [0, 0.1) is 16.7 Å². The monoisotopic (exact) mass is 285 g/mol. The van der Waals surface area contributed by atoms with Crippen LogP contribution in [-0.2, 0) is 16.3 Å². The van der Waals surface area contributed by atoms with Crippen molar-refractivity contribution in [2.24, 2.45) is 5.41 Å². The first kappa shape index (κ1) is 13.5.